The molecule has 2 aliphatic heterocycles. The van der Waals surface area contributed by atoms with E-state index in [0.29, 0.717) is 49.4 Å². The largest absolute Gasteiger partial charge is 0.378 e. The van der Waals surface area contributed by atoms with E-state index in [1.807, 2.05) is 19.9 Å². The van der Waals surface area contributed by atoms with Crippen molar-refractivity contribution in [2.45, 2.75) is 26.1 Å². The SMILES string of the molecule is CC1CN(c2nc(N3CCOCC3)c3ccc(Nc4ccc(F)c(F)c4)nc3n2)CC(C)O1. The van der Waals surface area contributed by atoms with Crippen LogP contribution < -0.4 is 15.1 Å². The van der Waals surface area contributed by atoms with Crippen molar-refractivity contribution in [1.82, 2.24) is 15.0 Å². The molecule has 174 valence electrons. The lowest BCUT2D eigenvalue weighted by molar-refractivity contribution is -0.00570. The van der Waals surface area contributed by atoms with Crippen molar-refractivity contribution in [3.8, 4) is 0 Å². The molecule has 10 heteroatoms. The highest BCUT2D eigenvalue weighted by Crippen LogP contribution is 2.29. The quantitative estimate of drug-likeness (QED) is 0.640. The van der Waals surface area contributed by atoms with E-state index in [-0.39, 0.29) is 12.2 Å². The zero-order chi connectivity index (χ0) is 22.9. The normalized spacial score (nSPS) is 21.5. The van der Waals surface area contributed by atoms with Crippen LogP contribution in [0.15, 0.2) is 30.3 Å². The molecule has 0 radical (unpaired) electrons. The summed E-state index contributed by atoms with van der Waals surface area (Å²) in [5, 5.41) is 3.86. The van der Waals surface area contributed by atoms with Crippen LogP contribution in [0.3, 0.4) is 0 Å². The van der Waals surface area contributed by atoms with Crippen LogP contribution in [-0.4, -0.2) is 66.6 Å². The van der Waals surface area contributed by atoms with Crippen LogP contribution in [0.1, 0.15) is 13.8 Å². The molecule has 5 rings (SSSR count). The number of hydrogen-bond donors (Lipinski definition) is 1. The summed E-state index contributed by atoms with van der Waals surface area (Å²) < 4.78 is 38.3. The van der Waals surface area contributed by atoms with Crippen LogP contribution in [0.2, 0.25) is 0 Å². The van der Waals surface area contributed by atoms with Gasteiger partial charge in [0.05, 0.1) is 30.8 Å². The lowest BCUT2D eigenvalue weighted by Crippen LogP contribution is -2.46. The molecule has 3 aromatic rings. The number of anilines is 4. The number of hydrogen-bond acceptors (Lipinski definition) is 8. The Hall–Kier alpha value is -3.11. The third kappa shape index (κ3) is 4.67. The van der Waals surface area contributed by atoms with Crippen molar-refractivity contribution < 1.29 is 18.3 Å². The zero-order valence-electron chi connectivity index (χ0n) is 18.6. The molecule has 8 nitrogen and oxygen atoms in total. The van der Waals surface area contributed by atoms with Gasteiger partial charge in [0.25, 0.3) is 0 Å². The van der Waals surface area contributed by atoms with Crippen LogP contribution in [0.5, 0.6) is 0 Å². The van der Waals surface area contributed by atoms with Crippen LogP contribution >= 0.6 is 0 Å². The lowest BCUT2D eigenvalue weighted by atomic mass is 10.2. The molecule has 1 aromatic carbocycles. The van der Waals surface area contributed by atoms with Gasteiger partial charge >= 0.3 is 0 Å². The number of pyridine rings is 1. The Morgan fingerprint density at radius 1 is 0.909 bits per heavy atom. The average molecular weight is 456 g/mol. The smallest absolute Gasteiger partial charge is 0.229 e. The Morgan fingerprint density at radius 2 is 1.67 bits per heavy atom. The van der Waals surface area contributed by atoms with Gasteiger partial charge in [-0.2, -0.15) is 9.97 Å². The van der Waals surface area contributed by atoms with Gasteiger partial charge in [-0.15, -0.1) is 0 Å². The van der Waals surface area contributed by atoms with E-state index in [9.17, 15) is 8.78 Å². The van der Waals surface area contributed by atoms with Crippen molar-refractivity contribution in [2.75, 3.05) is 54.5 Å². The highest BCUT2D eigenvalue weighted by Gasteiger charge is 2.26. The summed E-state index contributed by atoms with van der Waals surface area (Å²) in [5.74, 6) is 0.0827. The fourth-order valence-corrected chi connectivity index (χ4v) is 4.27. The summed E-state index contributed by atoms with van der Waals surface area (Å²) >= 11 is 0. The number of rotatable bonds is 4. The molecule has 4 heterocycles. The fourth-order valence-electron chi connectivity index (χ4n) is 4.27. The number of morpholine rings is 2. The minimum Gasteiger partial charge on any atom is -0.378 e. The second kappa shape index (κ2) is 9.03. The Labute approximate surface area is 190 Å². The average Bonchev–Trinajstić information content (AvgIpc) is 2.80. The number of ether oxygens (including phenoxy) is 2. The highest BCUT2D eigenvalue weighted by molar-refractivity contribution is 5.89. The molecule has 0 amide bonds. The van der Waals surface area contributed by atoms with E-state index in [4.69, 9.17) is 19.4 Å². The maximum atomic E-state index is 13.6. The number of benzene rings is 1. The van der Waals surface area contributed by atoms with E-state index in [0.717, 1.165) is 36.4 Å². The maximum Gasteiger partial charge on any atom is 0.229 e. The lowest BCUT2D eigenvalue weighted by Gasteiger charge is -2.36. The first kappa shape index (κ1) is 21.7. The third-order valence-corrected chi connectivity index (χ3v) is 5.73. The number of fused-ring (bicyclic) bond motifs is 1. The monoisotopic (exact) mass is 456 g/mol. The number of aromatic nitrogens is 3. The number of halogens is 2. The van der Waals surface area contributed by atoms with Crippen LogP contribution in [0.25, 0.3) is 11.0 Å². The molecule has 2 aliphatic rings. The molecular weight excluding hydrogens is 430 g/mol. The molecule has 33 heavy (non-hydrogen) atoms. The van der Waals surface area contributed by atoms with Crippen LogP contribution in [0, 0.1) is 11.6 Å². The van der Waals surface area contributed by atoms with Gasteiger partial charge in [-0.3, -0.25) is 0 Å². The minimum absolute atomic E-state index is 0.0641. The van der Waals surface area contributed by atoms with Crippen molar-refractivity contribution in [2.24, 2.45) is 0 Å². The second-order valence-electron chi connectivity index (χ2n) is 8.43. The predicted molar refractivity (Wildman–Crippen MR) is 122 cm³/mol. The number of nitrogens with one attached hydrogen (secondary N) is 1. The predicted octanol–water partition coefficient (Wildman–Crippen LogP) is 3.50. The summed E-state index contributed by atoms with van der Waals surface area (Å²) in [6, 6.07) is 7.34. The molecular formula is C23H26F2N6O2. The summed E-state index contributed by atoms with van der Waals surface area (Å²) in [4.78, 5) is 18.7. The van der Waals surface area contributed by atoms with Gasteiger partial charge in [0.2, 0.25) is 5.95 Å². The van der Waals surface area contributed by atoms with Crippen molar-refractivity contribution in [3.05, 3.63) is 42.0 Å². The van der Waals surface area contributed by atoms with Crippen molar-refractivity contribution in [1.29, 1.82) is 0 Å². The third-order valence-electron chi connectivity index (χ3n) is 5.73. The standard InChI is InChI=1S/C23H26F2N6O2/c1-14-12-31(13-15(2)33-14)23-28-21-17(22(29-23)30-7-9-32-10-8-30)4-6-20(27-21)26-16-3-5-18(24)19(25)11-16/h3-6,11,14-15H,7-10,12-13H2,1-2H3,(H,26,27,28,29). The number of nitrogens with zero attached hydrogens (tertiary/aromatic N) is 5. The van der Waals surface area contributed by atoms with Crippen molar-refractivity contribution in [3.63, 3.8) is 0 Å². The maximum absolute atomic E-state index is 13.6. The molecule has 2 atom stereocenters. The Morgan fingerprint density at radius 3 is 2.39 bits per heavy atom. The van der Waals surface area contributed by atoms with Gasteiger partial charge in [0.15, 0.2) is 17.3 Å². The van der Waals surface area contributed by atoms with Crippen LogP contribution in [-0.2, 0) is 9.47 Å². The fraction of sp³-hybridized carbons (Fsp3) is 0.435. The molecule has 1 N–H and O–H groups in total. The molecule has 2 unspecified atom stereocenters. The van der Waals surface area contributed by atoms with Gasteiger partial charge < -0.3 is 24.6 Å². The Kier molecular flexibility index (Phi) is 5.94. The molecule has 2 fully saturated rings. The molecule has 0 saturated carbocycles. The Balaban J connectivity index is 1.54. The second-order valence-corrected chi connectivity index (χ2v) is 8.43. The zero-order valence-corrected chi connectivity index (χ0v) is 18.6. The first-order chi connectivity index (χ1) is 16.0. The Bertz CT molecular complexity index is 1150. The minimum atomic E-state index is -0.921. The van der Waals surface area contributed by atoms with Gasteiger partial charge in [-0.05, 0) is 38.1 Å². The molecule has 2 aromatic heterocycles. The van der Waals surface area contributed by atoms with Gasteiger partial charge in [0, 0.05) is 37.9 Å². The molecule has 0 spiro atoms. The van der Waals surface area contributed by atoms with Gasteiger partial charge in [0.1, 0.15) is 11.6 Å². The molecule has 2 saturated heterocycles. The summed E-state index contributed by atoms with van der Waals surface area (Å²) in [6.45, 7) is 8.18. The van der Waals surface area contributed by atoms with Gasteiger partial charge in [-0.1, -0.05) is 0 Å². The first-order valence-electron chi connectivity index (χ1n) is 11.1. The summed E-state index contributed by atoms with van der Waals surface area (Å²) in [6.07, 6.45) is 0.128. The first-order valence-corrected chi connectivity index (χ1v) is 11.1. The van der Waals surface area contributed by atoms with Crippen molar-refractivity contribution >= 4 is 34.3 Å². The van der Waals surface area contributed by atoms with E-state index in [1.165, 1.54) is 6.07 Å². The van der Waals surface area contributed by atoms with Crippen LogP contribution in [0.4, 0.5) is 32.1 Å². The van der Waals surface area contributed by atoms with E-state index in [1.54, 1.807) is 6.07 Å². The summed E-state index contributed by atoms with van der Waals surface area (Å²) in [7, 11) is 0. The van der Waals surface area contributed by atoms with E-state index in [2.05, 4.69) is 20.1 Å². The van der Waals surface area contributed by atoms with E-state index >= 15 is 0 Å². The van der Waals surface area contributed by atoms with E-state index < -0.39 is 11.6 Å². The molecule has 0 aliphatic carbocycles. The topological polar surface area (TPSA) is 75.6 Å². The van der Waals surface area contributed by atoms with Gasteiger partial charge in [-0.25, -0.2) is 13.8 Å². The summed E-state index contributed by atoms with van der Waals surface area (Å²) in [5.41, 5.74) is 0.931. The highest BCUT2D eigenvalue weighted by atomic mass is 19.2. The molecule has 0 bridgehead atoms.